The molecule has 0 atom stereocenters. The van der Waals surface area contributed by atoms with Gasteiger partial charge in [-0.1, -0.05) is 0 Å². The Hall–Kier alpha value is -0.280. The second kappa shape index (κ2) is 10.9. The van der Waals surface area contributed by atoms with Crippen LogP contribution in [0.5, 0.6) is 0 Å². The Morgan fingerprint density at radius 1 is 0.462 bits per heavy atom. The molecular weight excluding hydrogens is 508 g/mol. The molecule has 0 aromatic carbocycles. The Morgan fingerprint density at radius 2 is 0.538 bits per heavy atom. The van der Waals surface area contributed by atoms with Gasteiger partial charge in [-0.15, -0.1) is 0 Å². The van der Waals surface area contributed by atoms with Crippen LogP contribution in [0.4, 0.5) is 61.5 Å². The van der Waals surface area contributed by atoms with Crippen LogP contribution in [-0.2, 0) is 22.4 Å². The van der Waals surface area contributed by atoms with Crippen LogP contribution in [0.25, 0.3) is 0 Å². The maximum atomic E-state index is 11.1. The third-order valence-corrected chi connectivity index (χ3v) is 0.996. The van der Waals surface area contributed by atoms with E-state index in [1.54, 1.807) is 0 Å². The van der Waals surface area contributed by atoms with Crippen LogP contribution in [0.2, 0.25) is 0 Å². The van der Waals surface area contributed by atoms with E-state index in [4.69, 9.17) is 0 Å². The van der Waals surface area contributed by atoms with E-state index in [-0.39, 0.29) is 22.4 Å². The maximum Gasteiger partial charge on any atom is 1.00 e. The van der Waals surface area contributed by atoms with Crippen molar-refractivity contribution < 1.29 is 88.3 Å². The number of hydrogen-bond acceptors (Lipinski definition) is 0. The SMILES string of the molecule is C[N+](C)(C)C.F[C-](C(F)(F)F)C(F)(F)F.F[C-](C(F)(F)F)C(F)(F)F.[Ag+]. The van der Waals surface area contributed by atoms with Gasteiger partial charge in [-0.3, -0.25) is 0 Å². The molecule has 0 radical (unpaired) electrons. The number of hydrogen-bond donors (Lipinski definition) is 0. The molecule has 0 aromatic heterocycles. The van der Waals surface area contributed by atoms with Gasteiger partial charge in [-0.2, -0.15) is 0 Å². The van der Waals surface area contributed by atoms with Gasteiger partial charge in [0.15, 0.2) is 0 Å². The van der Waals surface area contributed by atoms with Crippen molar-refractivity contribution in [2.24, 2.45) is 0 Å². The first-order valence-electron chi connectivity index (χ1n) is 5.43. The van der Waals surface area contributed by atoms with Crippen LogP contribution in [0.3, 0.4) is 0 Å². The first kappa shape index (κ1) is 33.3. The molecule has 0 spiro atoms. The summed E-state index contributed by atoms with van der Waals surface area (Å²) in [6, 6.07) is 0. The predicted octanol–water partition coefficient (Wildman–Crippen LogP) is 5.54. The van der Waals surface area contributed by atoms with Crippen molar-refractivity contribution in [1.82, 2.24) is 0 Å². The number of alkyl halides is 12. The molecule has 0 bridgehead atoms. The average molecular weight is 520 g/mol. The Balaban J connectivity index is -0.000000145. The molecule has 0 saturated heterocycles. The molecule has 166 valence electrons. The maximum absolute atomic E-state index is 11.1. The molecular formula is C10H12AgF14N. The van der Waals surface area contributed by atoms with Gasteiger partial charge in [-0.05, 0) is 0 Å². The first-order valence-corrected chi connectivity index (χ1v) is 5.43. The van der Waals surface area contributed by atoms with Crippen molar-refractivity contribution in [2.75, 3.05) is 28.2 Å². The fourth-order valence-electron chi connectivity index (χ4n) is 0.321. The smallest absolute Gasteiger partial charge is 0.438 e. The molecule has 0 aliphatic carbocycles. The van der Waals surface area contributed by atoms with Crippen molar-refractivity contribution in [1.29, 1.82) is 0 Å². The number of quaternary nitrogens is 1. The summed E-state index contributed by atoms with van der Waals surface area (Å²) in [5.41, 5.74) is 0. The fourth-order valence-corrected chi connectivity index (χ4v) is 0.321. The van der Waals surface area contributed by atoms with Crippen molar-refractivity contribution in [3.05, 3.63) is 12.3 Å². The molecule has 1 nitrogen and oxygen atoms in total. The topological polar surface area (TPSA) is 0 Å². The standard InChI is InChI=1S/C4H12N.2C3F7.Ag/c1-5(2,3)4;2*4-1(2(5,6)7)3(8,9)10;/h1-4H3;;;/q+1;2*-1;+1. The molecule has 26 heavy (non-hydrogen) atoms. The Morgan fingerprint density at radius 3 is 0.538 bits per heavy atom. The van der Waals surface area contributed by atoms with Crippen LogP contribution in [-0.4, -0.2) is 57.4 Å². The van der Waals surface area contributed by atoms with Crippen LogP contribution < -0.4 is 0 Å². The van der Waals surface area contributed by atoms with Gasteiger partial charge in [0.25, 0.3) is 0 Å². The normalized spacial score (nSPS) is 13.4. The molecule has 0 aliphatic heterocycles. The van der Waals surface area contributed by atoms with E-state index in [1.165, 1.54) is 0 Å². The van der Waals surface area contributed by atoms with Crippen molar-refractivity contribution in [2.45, 2.75) is 24.7 Å². The molecule has 0 N–H and O–H groups in total. The first-order chi connectivity index (χ1) is 10.3. The minimum Gasteiger partial charge on any atom is -0.438 e. The second-order valence-electron chi connectivity index (χ2n) is 5.30. The zero-order chi connectivity index (χ0) is 21.7. The Kier molecular flexibility index (Phi) is 14.0. The van der Waals surface area contributed by atoms with Gasteiger partial charge in [0.1, 0.15) is 0 Å². The molecule has 0 amide bonds. The van der Waals surface area contributed by atoms with Crippen LogP contribution in [0.15, 0.2) is 0 Å². The van der Waals surface area contributed by atoms with E-state index >= 15 is 0 Å². The van der Waals surface area contributed by atoms with Crippen molar-refractivity contribution in [3.63, 3.8) is 0 Å². The Bertz CT molecular complexity index is 296. The quantitative estimate of drug-likeness (QED) is 0.170. The molecule has 0 rings (SSSR count). The van der Waals surface area contributed by atoms with E-state index in [0.717, 1.165) is 4.48 Å². The van der Waals surface area contributed by atoms with Crippen LogP contribution >= 0.6 is 0 Å². The van der Waals surface area contributed by atoms with Crippen molar-refractivity contribution >= 4 is 0 Å². The summed E-state index contributed by atoms with van der Waals surface area (Å²) in [7, 11) is 8.50. The summed E-state index contributed by atoms with van der Waals surface area (Å²) >= 11 is 0. The molecule has 0 saturated carbocycles. The summed E-state index contributed by atoms with van der Waals surface area (Å²) in [6.45, 7) is 0. The van der Waals surface area contributed by atoms with Crippen LogP contribution in [0.1, 0.15) is 0 Å². The predicted molar refractivity (Wildman–Crippen MR) is 56.9 cm³/mol. The second-order valence-corrected chi connectivity index (χ2v) is 5.30. The zero-order valence-electron chi connectivity index (χ0n) is 13.0. The minimum atomic E-state index is -5.93. The molecule has 0 unspecified atom stereocenters. The summed E-state index contributed by atoms with van der Waals surface area (Å²) in [5.74, 6) is 0. The molecule has 0 aromatic rings. The van der Waals surface area contributed by atoms with E-state index in [9.17, 15) is 61.5 Å². The largest absolute Gasteiger partial charge is 1.00 e. The minimum absolute atomic E-state index is 0. The molecule has 16 heteroatoms. The number of rotatable bonds is 0. The zero-order valence-corrected chi connectivity index (χ0v) is 14.5. The summed E-state index contributed by atoms with van der Waals surface area (Å²) < 4.78 is 153. The number of halogens is 14. The van der Waals surface area contributed by atoms with E-state index in [2.05, 4.69) is 28.2 Å². The molecule has 0 aliphatic rings. The van der Waals surface area contributed by atoms with Gasteiger partial charge in [0.05, 0.1) is 28.2 Å². The van der Waals surface area contributed by atoms with Gasteiger partial charge in [0, 0.05) is 12.3 Å². The van der Waals surface area contributed by atoms with E-state index < -0.39 is 37.0 Å². The average Bonchev–Trinajstić information content (AvgIpc) is 2.20. The van der Waals surface area contributed by atoms with E-state index in [0.29, 0.717) is 0 Å². The fraction of sp³-hybridized carbons (Fsp3) is 0.800. The van der Waals surface area contributed by atoms with Gasteiger partial charge >= 0.3 is 47.1 Å². The third-order valence-electron chi connectivity index (χ3n) is 0.996. The summed E-state index contributed by atoms with van der Waals surface area (Å²) in [5, 5.41) is 0. The Labute approximate surface area is 154 Å². The van der Waals surface area contributed by atoms with Crippen LogP contribution in [0, 0.1) is 12.3 Å². The summed E-state index contributed by atoms with van der Waals surface area (Å²) in [4.78, 5) is 0. The van der Waals surface area contributed by atoms with E-state index in [1.807, 2.05) is 0 Å². The van der Waals surface area contributed by atoms with Crippen molar-refractivity contribution in [3.8, 4) is 0 Å². The van der Waals surface area contributed by atoms with Gasteiger partial charge in [-0.25, -0.2) is 52.7 Å². The molecule has 0 heterocycles. The van der Waals surface area contributed by atoms with Gasteiger partial charge in [0.2, 0.25) is 0 Å². The summed E-state index contributed by atoms with van der Waals surface area (Å²) in [6.07, 6.45) is -31.6. The monoisotopic (exact) mass is 519 g/mol. The third kappa shape index (κ3) is 21.8. The molecule has 0 fully saturated rings. The van der Waals surface area contributed by atoms with Gasteiger partial charge < -0.3 is 13.3 Å². The number of nitrogens with zero attached hydrogens (tertiary/aromatic N) is 1.